The molecule has 1 heterocycles. The summed E-state index contributed by atoms with van der Waals surface area (Å²) in [5.41, 5.74) is 0. The fourth-order valence-corrected chi connectivity index (χ4v) is 8.43. The summed E-state index contributed by atoms with van der Waals surface area (Å²) in [6.45, 7) is 4.26. The first-order valence-electron chi connectivity index (χ1n) is 27.1. The average Bonchev–Trinajstić information content (AvgIpc) is 3.30. The highest BCUT2D eigenvalue weighted by Gasteiger charge is 2.44. The second-order valence-corrected chi connectivity index (χ2v) is 18.9. The number of allylic oxidation sites excluding steroid dienone is 3. The van der Waals surface area contributed by atoms with Gasteiger partial charge in [-0.15, -0.1) is 0 Å². The number of hydrogen-bond acceptors (Lipinski definition) is 10. The molecule has 0 aromatic heterocycles. The molecular weight excluding hydrogens is 823 g/mol. The Morgan fingerprint density at radius 2 is 0.985 bits per heavy atom. The van der Waals surface area contributed by atoms with E-state index in [4.69, 9.17) is 14.2 Å². The van der Waals surface area contributed by atoms with Crippen LogP contribution in [0.4, 0.5) is 0 Å². The van der Waals surface area contributed by atoms with Crippen LogP contribution in [0, 0.1) is 0 Å². The quantitative estimate of drug-likeness (QED) is 0.0196. The van der Waals surface area contributed by atoms with E-state index >= 15 is 0 Å². The fraction of sp³-hybridized carbons (Fsp3) is 0.889. The second kappa shape index (κ2) is 44.6. The number of esters is 1. The molecule has 1 fully saturated rings. The Morgan fingerprint density at radius 1 is 0.554 bits per heavy atom. The zero-order chi connectivity index (χ0) is 47.4. The van der Waals surface area contributed by atoms with Crippen LogP contribution in [0.5, 0.6) is 0 Å². The summed E-state index contributed by atoms with van der Waals surface area (Å²) in [6, 6.07) is -0.816. The van der Waals surface area contributed by atoms with E-state index in [9.17, 15) is 35.1 Å². The van der Waals surface area contributed by atoms with Gasteiger partial charge in [0.2, 0.25) is 5.91 Å². The Morgan fingerprint density at radius 3 is 1.48 bits per heavy atom. The molecule has 0 bridgehead atoms. The molecular formula is C54H101NO10. The highest BCUT2D eigenvalue weighted by atomic mass is 16.7. The topological polar surface area (TPSA) is 175 Å². The lowest BCUT2D eigenvalue weighted by atomic mass is 9.99. The van der Waals surface area contributed by atoms with Gasteiger partial charge in [-0.3, -0.25) is 9.59 Å². The van der Waals surface area contributed by atoms with E-state index in [2.05, 4.69) is 31.3 Å². The first-order valence-corrected chi connectivity index (χ1v) is 27.1. The Hall–Kier alpha value is -1.86. The fourth-order valence-electron chi connectivity index (χ4n) is 8.43. The van der Waals surface area contributed by atoms with Gasteiger partial charge in [-0.05, 0) is 57.8 Å². The smallest absolute Gasteiger partial charge is 0.305 e. The summed E-state index contributed by atoms with van der Waals surface area (Å²) < 4.78 is 16.6. The van der Waals surface area contributed by atoms with E-state index in [1.807, 2.05) is 6.08 Å². The molecule has 7 unspecified atom stereocenters. The molecule has 1 aliphatic rings. The van der Waals surface area contributed by atoms with E-state index in [-0.39, 0.29) is 18.5 Å². The van der Waals surface area contributed by atoms with Crippen LogP contribution >= 0.6 is 0 Å². The van der Waals surface area contributed by atoms with Crippen molar-refractivity contribution in [1.29, 1.82) is 0 Å². The van der Waals surface area contributed by atoms with E-state index in [0.29, 0.717) is 19.4 Å². The van der Waals surface area contributed by atoms with Crippen molar-refractivity contribution < 1.29 is 49.3 Å². The van der Waals surface area contributed by atoms with Crippen LogP contribution in [-0.2, 0) is 23.8 Å². The number of nitrogens with one attached hydrogen (secondary N) is 1. The van der Waals surface area contributed by atoms with Crippen molar-refractivity contribution in [1.82, 2.24) is 5.32 Å². The first-order chi connectivity index (χ1) is 31.7. The lowest BCUT2D eigenvalue weighted by molar-refractivity contribution is -0.302. The van der Waals surface area contributed by atoms with Gasteiger partial charge in [-0.2, -0.15) is 0 Å². The Balaban J connectivity index is 2.09. The van der Waals surface area contributed by atoms with E-state index < -0.39 is 49.5 Å². The van der Waals surface area contributed by atoms with Crippen LogP contribution in [0.2, 0.25) is 0 Å². The van der Waals surface area contributed by atoms with Crippen molar-refractivity contribution in [3.8, 4) is 0 Å². The van der Waals surface area contributed by atoms with Crippen molar-refractivity contribution in [3.63, 3.8) is 0 Å². The Bertz CT molecular complexity index is 1130. The minimum atomic E-state index is -1.57. The molecule has 1 saturated heterocycles. The number of carbonyl (C=O) groups is 2. The third-order valence-electron chi connectivity index (χ3n) is 12.8. The van der Waals surface area contributed by atoms with E-state index in [1.165, 1.54) is 148 Å². The average molecular weight is 924 g/mol. The maximum atomic E-state index is 13.0. The van der Waals surface area contributed by atoms with Crippen molar-refractivity contribution >= 4 is 11.9 Å². The minimum Gasteiger partial charge on any atom is -0.466 e. The molecule has 0 spiro atoms. The maximum Gasteiger partial charge on any atom is 0.305 e. The van der Waals surface area contributed by atoms with Gasteiger partial charge < -0.3 is 45.1 Å². The highest BCUT2D eigenvalue weighted by Crippen LogP contribution is 2.23. The number of aliphatic hydroxyl groups excluding tert-OH is 5. The molecule has 0 radical (unpaired) electrons. The molecule has 382 valence electrons. The van der Waals surface area contributed by atoms with Crippen molar-refractivity contribution in [2.24, 2.45) is 0 Å². The third-order valence-corrected chi connectivity index (χ3v) is 12.8. The summed E-state index contributed by atoms with van der Waals surface area (Å²) in [5, 5.41) is 54.1. The van der Waals surface area contributed by atoms with E-state index in [0.717, 1.165) is 70.6 Å². The molecule has 1 rings (SSSR count). The minimum absolute atomic E-state index is 0.0318. The molecule has 0 aromatic carbocycles. The first kappa shape index (κ1) is 61.2. The number of hydrogen-bond donors (Lipinski definition) is 6. The molecule has 0 aromatic rings. The van der Waals surface area contributed by atoms with Crippen LogP contribution in [0.25, 0.3) is 0 Å². The molecule has 11 nitrogen and oxygen atoms in total. The molecule has 0 saturated carbocycles. The molecule has 1 aliphatic heterocycles. The predicted octanol–water partition coefficient (Wildman–Crippen LogP) is 11.4. The van der Waals surface area contributed by atoms with Gasteiger partial charge in [-0.1, -0.05) is 199 Å². The van der Waals surface area contributed by atoms with Crippen molar-refractivity contribution in [2.75, 3.05) is 19.8 Å². The van der Waals surface area contributed by atoms with Crippen LogP contribution in [0.1, 0.15) is 245 Å². The number of ether oxygens (including phenoxy) is 3. The second-order valence-electron chi connectivity index (χ2n) is 18.9. The van der Waals surface area contributed by atoms with Crippen molar-refractivity contribution in [2.45, 2.75) is 288 Å². The molecule has 11 heteroatoms. The lowest BCUT2D eigenvalue weighted by Gasteiger charge is -2.40. The van der Waals surface area contributed by atoms with E-state index in [1.54, 1.807) is 6.08 Å². The van der Waals surface area contributed by atoms with Gasteiger partial charge in [0.1, 0.15) is 24.4 Å². The van der Waals surface area contributed by atoms with Gasteiger partial charge in [0.25, 0.3) is 0 Å². The summed E-state index contributed by atoms with van der Waals surface area (Å²) >= 11 is 0. The van der Waals surface area contributed by atoms with Gasteiger partial charge >= 0.3 is 5.97 Å². The van der Waals surface area contributed by atoms with Crippen LogP contribution in [-0.4, -0.2) is 100 Å². The Kier molecular flexibility index (Phi) is 42.0. The zero-order valence-electron chi connectivity index (χ0n) is 41.7. The summed E-state index contributed by atoms with van der Waals surface area (Å²) in [5.74, 6) is -0.227. The number of amides is 1. The molecule has 65 heavy (non-hydrogen) atoms. The van der Waals surface area contributed by atoms with Gasteiger partial charge in [0.15, 0.2) is 6.29 Å². The van der Waals surface area contributed by atoms with Gasteiger partial charge in [-0.25, -0.2) is 0 Å². The summed E-state index contributed by atoms with van der Waals surface area (Å²) in [4.78, 5) is 25.0. The monoisotopic (exact) mass is 924 g/mol. The van der Waals surface area contributed by atoms with Crippen LogP contribution in [0.15, 0.2) is 24.3 Å². The predicted molar refractivity (Wildman–Crippen MR) is 264 cm³/mol. The number of carbonyl (C=O) groups excluding carboxylic acids is 2. The maximum absolute atomic E-state index is 13.0. The number of aliphatic hydroxyl groups is 5. The molecule has 0 aliphatic carbocycles. The van der Waals surface area contributed by atoms with Gasteiger partial charge in [0.05, 0.1) is 32.0 Å². The molecule has 7 atom stereocenters. The normalized spacial score (nSPS) is 19.9. The zero-order valence-corrected chi connectivity index (χ0v) is 41.7. The Labute approximate surface area is 397 Å². The highest BCUT2D eigenvalue weighted by molar-refractivity contribution is 5.76. The molecule has 6 N–H and O–H groups in total. The van der Waals surface area contributed by atoms with Crippen LogP contribution in [0.3, 0.4) is 0 Å². The van der Waals surface area contributed by atoms with Gasteiger partial charge in [0, 0.05) is 12.8 Å². The summed E-state index contributed by atoms with van der Waals surface area (Å²) in [6.07, 6.45) is 41.2. The molecule has 1 amide bonds. The van der Waals surface area contributed by atoms with Crippen molar-refractivity contribution in [3.05, 3.63) is 24.3 Å². The standard InChI is InChI=1S/C54H101NO10/c1-3-5-7-9-11-13-14-15-19-22-26-30-34-38-42-50(59)63-43-39-35-31-27-23-20-17-16-18-21-25-29-33-37-41-49(58)55-46(47(57)40-36-32-28-24-12-10-8-6-4-2)45-64-54-53(62)52(61)51(60)48(44-56)65-54/h14-15,36,40,46-48,51-54,56-57,60-62H,3-13,16-35,37-39,41-45H2,1-2H3,(H,55,58)/b15-14-,40-36+. The SMILES string of the molecule is CCCCCCC/C=C\CCCCCCCC(=O)OCCCCCCCCCCCCCCCCC(=O)NC(COC1OC(CO)C(O)C(O)C1O)C(O)/C=C/CCCCCCCCC. The number of unbranched alkanes of at least 4 members (excludes halogenated alkanes) is 30. The van der Waals surface area contributed by atoms with Crippen LogP contribution < -0.4 is 5.32 Å². The number of rotatable bonds is 46. The third kappa shape index (κ3) is 35.0. The lowest BCUT2D eigenvalue weighted by Crippen LogP contribution is -2.60. The largest absolute Gasteiger partial charge is 0.466 e. The summed E-state index contributed by atoms with van der Waals surface area (Å²) in [7, 11) is 0.